The van der Waals surface area contributed by atoms with Gasteiger partial charge < -0.3 is 14.8 Å². The molecule has 32 heavy (non-hydrogen) atoms. The maximum absolute atomic E-state index is 13.1. The van der Waals surface area contributed by atoms with Gasteiger partial charge in [0.05, 0.1) is 17.6 Å². The average molecular weight is 480 g/mol. The van der Waals surface area contributed by atoms with Crippen LogP contribution in [0.15, 0.2) is 0 Å². The van der Waals surface area contributed by atoms with Crippen molar-refractivity contribution in [1.82, 2.24) is 0 Å². The van der Waals surface area contributed by atoms with Crippen LogP contribution in [0.2, 0.25) is 0 Å². The van der Waals surface area contributed by atoms with Crippen LogP contribution in [0.1, 0.15) is 79.1 Å². The Morgan fingerprint density at radius 3 is 2.50 bits per heavy atom. The summed E-state index contributed by atoms with van der Waals surface area (Å²) in [7, 11) is 0. The van der Waals surface area contributed by atoms with Gasteiger partial charge in [-0.2, -0.15) is 0 Å². The highest BCUT2D eigenvalue weighted by Gasteiger charge is 2.60. The molecule has 2 atom stereocenters. The smallest absolute Gasteiger partial charge is 0.341 e. The third-order valence-electron chi connectivity index (χ3n) is 7.66. The standard InChI is InChI=1S/C24H30ClNO5S/c1-2-30-21(28)19-16-5-3-4-6-17(16)32-20(19)26-18(27)12-31-22(29)23-8-14-7-15(9-23)11-24(25,10-14)13-23/h14-15H,2-13H2,1H3,(H,26,27)/t14-,15-,23?,24?/m0/s1. The van der Waals surface area contributed by atoms with Crippen LogP contribution in [0.3, 0.4) is 0 Å². The van der Waals surface area contributed by atoms with E-state index < -0.39 is 17.3 Å². The SMILES string of the molecule is CCOC(=O)c1c(NC(=O)COC(=O)C23C[C@@H]4C[C@H](CC(Cl)(C4)C2)C3)sc2c1CCCC2. The number of esters is 2. The number of fused-ring (bicyclic) bond motifs is 1. The molecule has 4 saturated carbocycles. The molecule has 174 valence electrons. The van der Waals surface area contributed by atoms with Gasteiger partial charge in [-0.25, -0.2) is 4.79 Å². The first-order valence-corrected chi connectivity index (χ1v) is 13.0. The molecular formula is C24H30ClNO5S. The van der Waals surface area contributed by atoms with Crippen molar-refractivity contribution in [3.8, 4) is 0 Å². The van der Waals surface area contributed by atoms with E-state index in [9.17, 15) is 14.4 Å². The van der Waals surface area contributed by atoms with Crippen LogP contribution in [0.5, 0.6) is 0 Å². The van der Waals surface area contributed by atoms with Crippen LogP contribution in [-0.4, -0.2) is 35.9 Å². The Labute approximate surface area is 197 Å². The van der Waals surface area contributed by atoms with Crippen molar-refractivity contribution in [2.45, 2.75) is 76.0 Å². The number of halogens is 1. The van der Waals surface area contributed by atoms with E-state index in [2.05, 4.69) is 5.32 Å². The molecule has 0 saturated heterocycles. The van der Waals surface area contributed by atoms with Crippen molar-refractivity contribution in [3.63, 3.8) is 0 Å². The van der Waals surface area contributed by atoms with Crippen molar-refractivity contribution in [3.05, 3.63) is 16.0 Å². The van der Waals surface area contributed by atoms with Gasteiger partial charge in [-0.3, -0.25) is 9.59 Å². The number of hydrogen-bond donors (Lipinski definition) is 1. The number of rotatable bonds is 6. The van der Waals surface area contributed by atoms with E-state index in [4.69, 9.17) is 21.1 Å². The molecule has 0 spiro atoms. The van der Waals surface area contributed by atoms with Gasteiger partial charge in [0.2, 0.25) is 0 Å². The van der Waals surface area contributed by atoms with Crippen molar-refractivity contribution >= 4 is 45.8 Å². The molecule has 0 unspecified atom stereocenters. The lowest BCUT2D eigenvalue weighted by Crippen LogP contribution is -2.56. The number of hydrogen-bond acceptors (Lipinski definition) is 6. The number of carbonyl (C=O) groups excluding carboxylic acids is 3. The first-order chi connectivity index (χ1) is 15.3. The second-order valence-electron chi connectivity index (χ2n) is 10.2. The fourth-order valence-electron chi connectivity index (χ4n) is 6.91. The Balaban J connectivity index is 1.25. The number of ether oxygens (including phenoxy) is 2. The molecule has 8 heteroatoms. The summed E-state index contributed by atoms with van der Waals surface area (Å²) in [4.78, 5) is 39.2. The Hall–Kier alpha value is -1.60. The number of amides is 1. The van der Waals surface area contributed by atoms with Crippen LogP contribution in [0.25, 0.3) is 0 Å². The molecule has 6 nitrogen and oxygen atoms in total. The predicted octanol–water partition coefficient (Wildman–Crippen LogP) is 4.86. The monoisotopic (exact) mass is 479 g/mol. The van der Waals surface area contributed by atoms with Gasteiger partial charge in [0.25, 0.3) is 5.91 Å². The molecule has 1 aromatic rings. The molecule has 5 aliphatic rings. The fourth-order valence-corrected chi connectivity index (χ4v) is 8.90. The molecule has 0 radical (unpaired) electrons. The topological polar surface area (TPSA) is 81.7 Å². The number of anilines is 1. The minimum absolute atomic E-state index is 0.278. The third kappa shape index (κ3) is 3.96. The second-order valence-corrected chi connectivity index (χ2v) is 12.1. The minimum atomic E-state index is -0.537. The van der Waals surface area contributed by atoms with Crippen molar-refractivity contribution in [2.24, 2.45) is 17.3 Å². The Morgan fingerprint density at radius 1 is 1.09 bits per heavy atom. The lowest BCUT2D eigenvalue weighted by molar-refractivity contribution is -0.171. The summed E-state index contributed by atoms with van der Waals surface area (Å²) in [5.74, 6) is -0.143. The van der Waals surface area contributed by atoms with Gasteiger partial charge in [-0.1, -0.05) is 0 Å². The number of carbonyl (C=O) groups is 3. The van der Waals surface area contributed by atoms with Crippen molar-refractivity contribution < 1.29 is 23.9 Å². The Morgan fingerprint density at radius 2 is 1.81 bits per heavy atom. The summed E-state index contributed by atoms with van der Waals surface area (Å²) >= 11 is 8.26. The second kappa shape index (κ2) is 8.32. The van der Waals surface area contributed by atoms with Crippen LogP contribution in [0.4, 0.5) is 5.00 Å². The first kappa shape index (κ1) is 22.2. The lowest BCUT2D eigenvalue weighted by Gasteiger charge is -2.58. The van der Waals surface area contributed by atoms with E-state index in [1.54, 1.807) is 6.92 Å². The van der Waals surface area contributed by atoms with E-state index in [0.29, 0.717) is 28.8 Å². The zero-order chi connectivity index (χ0) is 22.5. The molecule has 0 aromatic carbocycles. The van der Waals surface area contributed by atoms with Gasteiger partial charge >= 0.3 is 11.9 Å². The third-order valence-corrected chi connectivity index (χ3v) is 9.31. The molecule has 1 N–H and O–H groups in total. The number of alkyl halides is 1. The summed E-state index contributed by atoms with van der Waals surface area (Å²) in [5, 5.41) is 3.32. The highest BCUT2D eigenvalue weighted by Crippen LogP contribution is 2.64. The highest BCUT2D eigenvalue weighted by molar-refractivity contribution is 7.17. The predicted molar refractivity (Wildman–Crippen MR) is 122 cm³/mol. The van der Waals surface area contributed by atoms with Gasteiger partial charge in [-0.15, -0.1) is 22.9 Å². The molecule has 1 aromatic heterocycles. The molecule has 1 heterocycles. The van der Waals surface area contributed by atoms with E-state index in [1.807, 2.05) is 0 Å². The van der Waals surface area contributed by atoms with Crippen molar-refractivity contribution in [1.29, 1.82) is 0 Å². The van der Waals surface area contributed by atoms with Crippen LogP contribution in [-0.2, 0) is 31.9 Å². The molecule has 1 amide bonds. The molecule has 4 fully saturated rings. The van der Waals surface area contributed by atoms with Gasteiger partial charge in [0.1, 0.15) is 5.00 Å². The first-order valence-electron chi connectivity index (χ1n) is 11.8. The highest BCUT2D eigenvalue weighted by atomic mass is 35.5. The summed E-state index contributed by atoms with van der Waals surface area (Å²) in [5.41, 5.74) is 0.925. The Kier molecular flexibility index (Phi) is 5.77. The number of aryl methyl sites for hydroxylation is 1. The van der Waals surface area contributed by atoms with E-state index >= 15 is 0 Å². The average Bonchev–Trinajstić information content (AvgIpc) is 3.08. The largest absolute Gasteiger partial charge is 0.462 e. The lowest BCUT2D eigenvalue weighted by atomic mass is 9.49. The fraction of sp³-hybridized carbons (Fsp3) is 0.708. The van der Waals surface area contributed by atoms with Gasteiger partial charge in [-0.05, 0) is 88.5 Å². The summed E-state index contributed by atoms with van der Waals surface area (Å²) in [6, 6.07) is 0. The summed E-state index contributed by atoms with van der Waals surface area (Å²) < 4.78 is 10.8. The van der Waals surface area contributed by atoms with Crippen LogP contribution in [0, 0.1) is 17.3 Å². The minimum Gasteiger partial charge on any atom is -0.462 e. The van der Waals surface area contributed by atoms with E-state index in [-0.39, 0.29) is 24.1 Å². The number of thiophene rings is 1. The van der Waals surface area contributed by atoms with E-state index in [0.717, 1.165) is 68.2 Å². The summed E-state index contributed by atoms with van der Waals surface area (Å²) in [6.45, 7) is 1.69. The van der Waals surface area contributed by atoms with Gasteiger partial charge in [0.15, 0.2) is 6.61 Å². The molecule has 5 aliphatic carbocycles. The van der Waals surface area contributed by atoms with E-state index in [1.165, 1.54) is 11.3 Å². The maximum atomic E-state index is 13.1. The maximum Gasteiger partial charge on any atom is 0.341 e. The molecular weight excluding hydrogens is 450 g/mol. The van der Waals surface area contributed by atoms with Gasteiger partial charge in [0, 0.05) is 9.75 Å². The zero-order valence-corrected chi connectivity index (χ0v) is 20.0. The van der Waals surface area contributed by atoms with Crippen LogP contribution < -0.4 is 5.32 Å². The van der Waals surface area contributed by atoms with Crippen molar-refractivity contribution in [2.75, 3.05) is 18.5 Å². The Bertz CT molecular complexity index is 942. The summed E-state index contributed by atoms with van der Waals surface area (Å²) in [6.07, 6.45) is 9.24. The molecule has 4 bridgehead atoms. The molecule has 6 rings (SSSR count). The van der Waals surface area contributed by atoms with Crippen LogP contribution >= 0.6 is 22.9 Å². The zero-order valence-electron chi connectivity index (χ0n) is 18.5. The molecule has 0 aliphatic heterocycles. The quantitative estimate of drug-likeness (QED) is 0.465. The normalized spacial score (nSPS) is 32.3. The number of nitrogens with one attached hydrogen (secondary N) is 1.